The number of nitrogens with one attached hydrogen (secondary N) is 1. The van der Waals surface area contributed by atoms with E-state index >= 15 is 0 Å². The van der Waals surface area contributed by atoms with Gasteiger partial charge in [-0.25, -0.2) is 4.79 Å². The zero-order valence-corrected chi connectivity index (χ0v) is 11.2. The average molecular weight is 248 g/mol. The van der Waals surface area contributed by atoms with Crippen LogP contribution in [0.4, 0.5) is 0 Å². The summed E-state index contributed by atoms with van der Waals surface area (Å²) in [7, 11) is 1.40. The normalized spacial score (nSPS) is 11.4. The Bertz CT molecular complexity index is 428. The number of rotatable bonds is 6. The molecule has 0 unspecified atom stereocenters. The van der Waals surface area contributed by atoms with E-state index in [0.717, 1.165) is 6.54 Å². The summed E-state index contributed by atoms with van der Waals surface area (Å²) in [5.41, 5.74) is 3.08. The van der Waals surface area contributed by atoms with E-state index in [2.05, 4.69) is 17.2 Å². The van der Waals surface area contributed by atoms with Crippen LogP contribution in [-0.4, -0.2) is 24.6 Å². The van der Waals surface area contributed by atoms with Gasteiger partial charge in [0.25, 0.3) is 0 Å². The highest BCUT2D eigenvalue weighted by molar-refractivity contribution is 5.88. The monoisotopic (exact) mass is 248 g/mol. The maximum absolute atomic E-state index is 11.3. The molecule has 0 aromatic carbocycles. The Morgan fingerprint density at radius 3 is 2.94 bits per heavy atom. The summed E-state index contributed by atoms with van der Waals surface area (Å²) in [6, 6.07) is 1.98. The Kier molecular flexibility index (Phi) is 6.08. The lowest BCUT2D eigenvalue weighted by Gasteiger charge is -2.06. The number of aromatic nitrogens is 1. The van der Waals surface area contributed by atoms with Gasteiger partial charge in [-0.3, -0.25) is 4.98 Å². The molecule has 0 aliphatic rings. The Labute approximate surface area is 108 Å². The summed E-state index contributed by atoms with van der Waals surface area (Å²) in [6.07, 6.45) is 6.19. The van der Waals surface area contributed by atoms with Crippen LogP contribution < -0.4 is 5.32 Å². The molecule has 0 aliphatic heterocycles. The van der Waals surface area contributed by atoms with Crippen molar-refractivity contribution in [3.63, 3.8) is 0 Å². The fourth-order valence-corrected chi connectivity index (χ4v) is 1.59. The maximum Gasteiger partial charge on any atom is 0.333 e. The van der Waals surface area contributed by atoms with E-state index in [1.165, 1.54) is 18.2 Å². The maximum atomic E-state index is 11.3. The number of carbonyl (C=O) groups is 1. The number of carbonyl (C=O) groups excluding carboxylic acids is 1. The van der Waals surface area contributed by atoms with Gasteiger partial charge >= 0.3 is 5.97 Å². The predicted octanol–water partition coefficient (Wildman–Crippen LogP) is 1.99. The molecule has 0 amide bonds. The Morgan fingerprint density at radius 1 is 1.56 bits per heavy atom. The van der Waals surface area contributed by atoms with Gasteiger partial charge in [-0.2, -0.15) is 0 Å². The van der Waals surface area contributed by atoms with Crippen molar-refractivity contribution in [2.45, 2.75) is 26.8 Å². The molecular weight excluding hydrogens is 228 g/mol. The molecule has 0 spiro atoms. The molecule has 18 heavy (non-hydrogen) atoms. The molecule has 0 saturated heterocycles. The van der Waals surface area contributed by atoms with Gasteiger partial charge in [-0.05, 0) is 30.5 Å². The van der Waals surface area contributed by atoms with Crippen molar-refractivity contribution >= 4 is 5.97 Å². The van der Waals surface area contributed by atoms with E-state index < -0.39 is 0 Å². The fraction of sp³-hybridized carbons (Fsp3) is 0.429. The number of methoxy groups -OCH3 is 1. The van der Waals surface area contributed by atoms with E-state index in [9.17, 15) is 4.79 Å². The van der Waals surface area contributed by atoms with Gasteiger partial charge in [-0.1, -0.05) is 13.0 Å². The smallest absolute Gasteiger partial charge is 0.333 e. The summed E-state index contributed by atoms with van der Waals surface area (Å²) in [4.78, 5) is 15.4. The summed E-state index contributed by atoms with van der Waals surface area (Å²) < 4.78 is 4.69. The van der Waals surface area contributed by atoms with Crippen molar-refractivity contribution in [2.24, 2.45) is 0 Å². The third-order valence-electron chi connectivity index (χ3n) is 2.78. The second-order valence-electron chi connectivity index (χ2n) is 4.01. The van der Waals surface area contributed by atoms with Gasteiger partial charge in [0, 0.05) is 31.1 Å². The molecule has 1 N–H and O–H groups in total. The lowest BCUT2D eigenvalue weighted by Crippen LogP contribution is -2.15. The van der Waals surface area contributed by atoms with Gasteiger partial charge in [0.15, 0.2) is 0 Å². The zero-order chi connectivity index (χ0) is 13.4. The van der Waals surface area contributed by atoms with Crippen LogP contribution in [0.25, 0.3) is 0 Å². The van der Waals surface area contributed by atoms with Crippen molar-refractivity contribution < 1.29 is 9.53 Å². The highest BCUT2D eigenvalue weighted by atomic mass is 16.5. The molecule has 0 saturated carbocycles. The summed E-state index contributed by atoms with van der Waals surface area (Å²) in [6.45, 7) is 5.38. The molecular formula is C14H20N2O2. The summed E-state index contributed by atoms with van der Waals surface area (Å²) in [5.74, 6) is -0.253. The first-order valence-electron chi connectivity index (χ1n) is 6.06. The molecule has 4 heteroatoms. The van der Waals surface area contributed by atoms with Crippen LogP contribution in [-0.2, 0) is 16.1 Å². The summed E-state index contributed by atoms with van der Waals surface area (Å²) in [5, 5.41) is 3.26. The molecule has 4 nitrogen and oxygen atoms in total. The lowest BCUT2D eigenvalue weighted by molar-refractivity contribution is -0.136. The zero-order valence-electron chi connectivity index (χ0n) is 11.2. The molecule has 0 radical (unpaired) electrons. The van der Waals surface area contributed by atoms with Crippen LogP contribution in [0.3, 0.4) is 0 Å². The minimum atomic E-state index is -0.253. The number of hydrogen-bond donors (Lipinski definition) is 1. The SMILES string of the molecule is CC/C(=C/CNCc1cnccc1C)C(=O)OC. The molecule has 1 aromatic rings. The van der Waals surface area contributed by atoms with Crippen LogP contribution in [0.5, 0.6) is 0 Å². The van der Waals surface area contributed by atoms with Gasteiger partial charge < -0.3 is 10.1 Å². The van der Waals surface area contributed by atoms with Crippen LogP contribution in [0.1, 0.15) is 24.5 Å². The predicted molar refractivity (Wildman–Crippen MR) is 71.1 cm³/mol. The van der Waals surface area contributed by atoms with Crippen LogP contribution >= 0.6 is 0 Å². The van der Waals surface area contributed by atoms with Crippen molar-refractivity contribution in [1.29, 1.82) is 0 Å². The Hall–Kier alpha value is -1.68. The highest BCUT2D eigenvalue weighted by Gasteiger charge is 2.05. The van der Waals surface area contributed by atoms with Gasteiger partial charge in [0.2, 0.25) is 0 Å². The van der Waals surface area contributed by atoms with Crippen molar-refractivity contribution in [2.75, 3.05) is 13.7 Å². The van der Waals surface area contributed by atoms with Gasteiger partial charge in [-0.15, -0.1) is 0 Å². The van der Waals surface area contributed by atoms with Crippen molar-refractivity contribution in [3.05, 3.63) is 41.2 Å². The second kappa shape index (κ2) is 7.61. The number of hydrogen-bond acceptors (Lipinski definition) is 4. The largest absolute Gasteiger partial charge is 0.466 e. The van der Waals surface area contributed by atoms with Crippen LogP contribution in [0, 0.1) is 6.92 Å². The Morgan fingerprint density at radius 2 is 2.33 bits per heavy atom. The number of esters is 1. The highest BCUT2D eigenvalue weighted by Crippen LogP contribution is 2.05. The third-order valence-corrected chi connectivity index (χ3v) is 2.78. The molecule has 1 heterocycles. The molecule has 1 aromatic heterocycles. The first kappa shape index (κ1) is 14.4. The van der Waals surface area contributed by atoms with E-state index in [1.54, 1.807) is 6.20 Å². The van der Waals surface area contributed by atoms with Gasteiger partial charge in [0.1, 0.15) is 0 Å². The molecule has 0 atom stereocenters. The van der Waals surface area contributed by atoms with Crippen molar-refractivity contribution in [3.8, 4) is 0 Å². The third kappa shape index (κ3) is 4.30. The van der Waals surface area contributed by atoms with E-state index in [4.69, 9.17) is 4.74 Å². The topological polar surface area (TPSA) is 51.2 Å². The van der Waals surface area contributed by atoms with Gasteiger partial charge in [0.05, 0.1) is 7.11 Å². The molecule has 0 bridgehead atoms. The number of nitrogens with zero attached hydrogens (tertiary/aromatic N) is 1. The van der Waals surface area contributed by atoms with E-state index in [-0.39, 0.29) is 5.97 Å². The number of aryl methyl sites for hydroxylation is 1. The first-order chi connectivity index (χ1) is 8.69. The lowest BCUT2D eigenvalue weighted by atomic mass is 10.1. The minimum absolute atomic E-state index is 0.253. The van der Waals surface area contributed by atoms with Crippen LogP contribution in [0.2, 0.25) is 0 Å². The first-order valence-corrected chi connectivity index (χ1v) is 6.06. The number of pyridine rings is 1. The van der Waals surface area contributed by atoms with Crippen LogP contribution in [0.15, 0.2) is 30.1 Å². The number of ether oxygens (including phenoxy) is 1. The quantitative estimate of drug-likeness (QED) is 0.475. The Balaban J connectivity index is 2.45. The standard InChI is InChI=1S/C14H20N2O2/c1-4-12(14(17)18-3)6-8-16-10-13-9-15-7-5-11(13)2/h5-7,9,16H,4,8,10H2,1-3H3/b12-6-. The van der Waals surface area contributed by atoms with E-state index in [0.29, 0.717) is 18.5 Å². The fourth-order valence-electron chi connectivity index (χ4n) is 1.59. The van der Waals surface area contributed by atoms with E-state index in [1.807, 2.05) is 25.3 Å². The minimum Gasteiger partial charge on any atom is -0.466 e. The molecule has 0 aliphatic carbocycles. The molecule has 0 fully saturated rings. The average Bonchev–Trinajstić information content (AvgIpc) is 2.40. The summed E-state index contributed by atoms with van der Waals surface area (Å²) >= 11 is 0. The second-order valence-corrected chi connectivity index (χ2v) is 4.01. The van der Waals surface area contributed by atoms with Crippen molar-refractivity contribution in [1.82, 2.24) is 10.3 Å². The molecule has 1 rings (SSSR count). The molecule has 98 valence electrons.